The molecular weight excluding hydrogens is 232 g/mol. The molecule has 0 aliphatic carbocycles. The molecule has 0 bridgehead atoms. The van der Waals surface area contributed by atoms with Gasteiger partial charge in [0.05, 0.1) is 0 Å². The summed E-state index contributed by atoms with van der Waals surface area (Å²) in [4.78, 5) is 3.22. The molecule has 0 aliphatic rings. The van der Waals surface area contributed by atoms with E-state index >= 15 is 0 Å². The number of hydrogen-bond donors (Lipinski definition) is 2. The molecule has 19 heavy (non-hydrogen) atoms. The van der Waals surface area contributed by atoms with E-state index in [0.717, 1.165) is 6.54 Å². The predicted octanol–water partition coefficient (Wildman–Crippen LogP) is 4.02. The monoisotopic (exact) mass is 250 g/mol. The predicted molar refractivity (Wildman–Crippen MR) is 80.0 cm³/mol. The Morgan fingerprint density at radius 1 is 1.05 bits per heavy atom. The highest BCUT2D eigenvalue weighted by atomic mass is 14.9. The van der Waals surface area contributed by atoms with Gasteiger partial charge in [-0.2, -0.15) is 0 Å². The maximum absolute atomic E-state index is 3.56. The van der Waals surface area contributed by atoms with E-state index in [-0.39, 0.29) is 0 Å². The second-order valence-corrected chi connectivity index (χ2v) is 4.91. The summed E-state index contributed by atoms with van der Waals surface area (Å²) in [5.41, 5.74) is 3.83. The highest BCUT2D eigenvalue weighted by molar-refractivity contribution is 5.79. The Hall–Kier alpha value is -2.06. The first kappa shape index (κ1) is 12.0. The summed E-state index contributed by atoms with van der Waals surface area (Å²) in [5.74, 6) is 0. The average Bonchev–Trinajstić information content (AvgIpc) is 2.93. The maximum Gasteiger partial charge on any atom is 0.0454 e. The molecule has 0 radical (unpaired) electrons. The summed E-state index contributed by atoms with van der Waals surface area (Å²) >= 11 is 0. The Morgan fingerprint density at radius 2 is 1.89 bits per heavy atom. The first-order valence-electron chi connectivity index (χ1n) is 6.67. The minimum absolute atomic E-state index is 0.364. The summed E-state index contributed by atoms with van der Waals surface area (Å²) in [6.45, 7) is 3.08. The molecule has 1 atom stereocenters. The third-order valence-electron chi connectivity index (χ3n) is 3.53. The highest BCUT2D eigenvalue weighted by Crippen LogP contribution is 2.16. The minimum atomic E-state index is 0.364. The van der Waals surface area contributed by atoms with Crippen LogP contribution in [0.25, 0.3) is 10.9 Å². The normalized spacial score (nSPS) is 12.7. The number of hydrogen-bond acceptors (Lipinski definition) is 1. The van der Waals surface area contributed by atoms with Gasteiger partial charge in [-0.3, -0.25) is 0 Å². The van der Waals surface area contributed by atoms with Gasteiger partial charge in [-0.05, 0) is 41.6 Å². The van der Waals surface area contributed by atoms with Crippen molar-refractivity contribution in [3.63, 3.8) is 0 Å². The Bertz CT molecular complexity index is 655. The lowest BCUT2D eigenvalue weighted by Crippen LogP contribution is -2.17. The molecule has 0 amide bonds. The van der Waals surface area contributed by atoms with Crippen LogP contribution in [0.5, 0.6) is 0 Å². The van der Waals surface area contributed by atoms with Gasteiger partial charge in [0.15, 0.2) is 0 Å². The summed E-state index contributed by atoms with van der Waals surface area (Å²) in [6.07, 6.45) is 1.98. The molecule has 2 heteroatoms. The van der Waals surface area contributed by atoms with Crippen molar-refractivity contribution >= 4 is 10.9 Å². The summed E-state index contributed by atoms with van der Waals surface area (Å²) < 4.78 is 0. The number of aromatic nitrogens is 1. The zero-order chi connectivity index (χ0) is 13.1. The lowest BCUT2D eigenvalue weighted by molar-refractivity contribution is 0.575. The molecule has 2 aromatic carbocycles. The van der Waals surface area contributed by atoms with Crippen LogP contribution in [-0.4, -0.2) is 4.98 Å². The van der Waals surface area contributed by atoms with E-state index in [4.69, 9.17) is 0 Å². The van der Waals surface area contributed by atoms with Gasteiger partial charge in [0.1, 0.15) is 0 Å². The molecule has 2 nitrogen and oxygen atoms in total. The van der Waals surface area contributed by atoms with Gasteiger partial charge in [-0.25, -0.2) is 0 Å². The van der Waals surface area contributed by atoms with Crippen LogP contribution in [0.1, 0.15) is 24.1 Å². The van der Waals surface area contributed by atoms with Crippen LogP contribution in [0.15, 0.2) is 60.8 Å². The number of H-pyrrole nitrogens is 1. The summed E-state index contributed by atoms with van der Waals surface area (Å²) in [7, 11) is 0. The first-order chi connectivity index (χ1) is 9.33. The van der Waals surface area contributed by atoms with E-state index in [9.17, 15) is 0 Å². The highest BCUT2D eigenvalue weighted by Gasteiger charge is 2.04. The quantitative estimate of drug-likeness (QED) is 0.719. The second-order valence-electron chi connectivity index (χ2n) is 4.91. The summed E-state index contributed by atoms with van der Waals surface area (Å²) in [6, 6.07) is 19.6. The average molecular weight is 250 g/mol. The first-order valence-corrected chi connectivity index (χ1v) is 6.67. The standard InChI is InChI=1S/C17H18N2/c1-13(15-5-3-2-4-6-15)19-12-14-7-8-17-16(11-14)9-10-18-17/h2-11,13,18-19H,12H2,1H3. The van der Waals surface area contributed by atoms with E-state index in [1.807, 2.05) is 6.20 Å². The Morgan fingerprint density at radius 3 is 2.74 bits per heavy atom. The fourth-order valence-corrected chi connectivity index (χ4v) is 2.34. The Kier molecular flexibility index (Phi) is 3.34. The van der Waals surface area contributed by atoms with Crippen LogP contribution in [0, 0.1) is 0 Å². The molecule has 1 heterocycles. The van der Waals surface area contributed by atoms with E-state index in [1.54, 1.807) is 0 Å². The molecule has 1 aromatic heterocycles. The molecule has 0 spiro atoms. The van der Waals surface area contributed by atoms with Gasteiger partial charge in [0, 0.05) is 24.3 Å². The van der Waals surface area contributed by atoms with Crippen molar-refractivity contribution in [2.24, 2.45) is 0 Å². The molecule has 0 fully saturated rings. The number of nitrogens with one attached hydrogen (secondary N) is 2. The molecule has 3 rings (SSSR count). The van der Waals surface area contributed by atoms with Crippen molar-refractivity contribution in [2.75, 3.05) is 0 Å². The largest absolute Gasteiger partial charge is 0.361 e. The van der Waals surface area contributed by atoms with Gasteiger partial charge >= 0.3 is 0 Å². The van der Waals surface area contributed by atoms with Crippen molar-refractivity contribution in [3.8, 4) is 0 Å². The zero-order valence-electron chi connectivity index (χ0n) is 11.1. The van der Waals surface area contributed by atoms with Gasteiger partial charge in [-0.15, -0.1) is 0 Å². The lowest BCUT2D eigenvalue weighted by Gasteiger charge is -2.14. The molecular formula is C17H18N2. The molecule has 3 aromatic rings. The van der Waals surface area contributed by atoms with Crippen molar-refractivity contribution in [2.45, 2.75) is 19.5 Å². The van der Waals surface area contributed by atoms with Gasteiger partial charge < -0.3 is 10.3 Å². The molecule has 0 aliphatic heterocycles. The molecule has 1 unspecified atom stereocenters. The van der Waals surface area contributed by atoms with Gasteiger partial charge in [-0.1, -0.05) is 36.4 Å². The van der Waals surface area contributed by atoms with E-state index < -0.39 is 0 Å². The smallest absolute Gasteiger partial charge is 0.0454 e. The fraction of sp³-hybridized carbons (Fsp3) is 0.176. The number of aromatic amines is 1. The van der Waals surface area contributed by atoms with E-state index in [0.29, 0.717) is 6.04 Å². The third kappa shape index (κ3) is 2.69. The van der Waals surface area contributed by atoms with Crippen LogP contribution in [0.2, 0.25) is 0 Å². The number of fused-ring (bicyclic) bond motifs is 1. The van der Waals surface area contributed by atoms with E-state index in [1.165, 1.54) is 22.0 Å². The SMILES string of the molecule is CC(NCc1ccc2[nH]ccc2c1)c1ccccc1. The van der Waals surface area contributed by atoms with E-state index in [2.05, 4.69) is 71.8 Å². The topological polar surface area (TPSA) is 27.8 Å². The van der Waals surface area contributed by atoms with Crippen LogP contribution in [0.4, 0.5) is 0 Å². The number of benzene rings is 2. The summed E-state index contributed by atoms with van der Waals surface area (Å²) in [5, 5.41) is 4.83. The van der Waals surface area contributed by atoms with Gasteiger partial charge in [0.25, 0.3) is 0 Å². The maximum atomic E-state index is 3.56. The molecule has 0 saturated heterocycles. The Labute approximate surface area is 113 Å². The number of rotatable bonds is 4. The minimum Gasteiger partial charge on any atom is -0.361 e. The van der Waals surface area contributed by atoms with Crippen molar-refractivity contribution in [1.82, 2.24) is 10.3 Å². The zero-order valence-corrected chi connectivity index (χ0v) is 11.1. The molecule has 0 saturated carbocycles. The third-order valence-corrected chi connectivity index (χ3v) is 3.53. The van der Waals surface area contributed by atoms with Gasteiger partial charge in [0.2, 0.25) is 0 Å². The molecule has 2 N–H and O–H groups in total. The van der Waals surface area contributed by atoms with Crippen LogP contribution >= 0.6 is 0 Å². The van der Waals surface area contributed by atoms with Crippen LogP contribution in [-0.2, 0) is 6.54 Å². The lowest BCUT2D eigenvalue weighted by atomic mass is 10.1. The van der Waals surface area contributed by atoms with Crippen LogP contribution in [0.3, 0.4) is 0 Å². The van der Waals surface area contributed by atoms with Crippen molar-refractivity contribution in [1.29, 1.82) is 0 Å². The van der Waals surface area contributed by atoms with Crippen molar-refractivity contribution in [3.05, 3.63) is 71.9 Å². The molecule has 96 valence electrons. The van der Waals surface area contributed by atoms with Crippen molar-refractivity contribution < 1.29 is 0 Å². The Balaban J connectivity index is 1.68. The second kappa shape index (κ2) is 5.29. The fourth-order valence-electron chi connectivity index (χ4n) is 2.34. The van der Waals surface area contributed by atoms with Crippen LogP contribution < -0.4 is 5.32 Å².